The molecule has 0 spiro atoms. The monoisotopic (exact) mass is 259 g/mol. The lowest BCUT2D eigenvalue weighted by molar-refractivity contribution is 0.373. The second-order valence-corrected chi connectivity index (χ2v) is 3.94. The van der Waals surface area contributed by atoms with E-state index in [2.05, 4.69) is 15.3 Å². The van der Waals surface area contributed by atoms with Crippen molar-refractivity contribution in [3.63, 3.8) is 0 Å². The van der Waals surface area contributed by atoms with Crippen LogP contribution in [0, 0.1) is 6.92 Å². The summed E-state index contributed by atoms with van der Waals surface area (Å²) in [6.07, 6.45) is 1.48. The van der Waals surface area contributed by atoms with Crippen LogP contribution in [0.4, 0.5) is 5.82 Å². The quantitative estimate of drug-likeness (QED) is 0.894. The van der Waals surface area contributed by atoms with Crippen LogP contribution in [0.5, 0.6) is 17.4 Å². The average molecular weight is 259 g/mol. The van der Waals surface area contributed by atoms with Gasteiger partial charge in [-0.2, -0.15) is 0 Å². The summed E-state index contributed by atoms with van der Waals surface area (Å²) >= 11 is 0. The summed E-state index contributed by atoms with van der Waals surface area (Å²) < 4.78 is 11.1. The van der Waals surface area contributed by atoms with Gasteiger partial charge in [-0.25, -0.2) is 9.97 Å². The number of hydrogen-bond acceptors (Lipinski definition) is 5. The Labute approximate surface area is 112 Å². The van der Waals surface area contributed by atoms with Gasteiger partial charge in [0.05, 0.1) is 12.7 Å². The zero-order valence-electron chi connectivity index (χ0n) is 11.3. The molecule has 5 nitrogen and oxygen atoms in total. The fourth-order valence-corrected chi connectivity index (χ4v) is 1.69. The van der Waals surface area contributed by atoms with Crippen molar-refractivity contribution in [1.29, 1.82) is 0 Å². The highest BCUT2D eigenvalue weighted by atomic mass is 16.5. The lowest BCUT2D eigenvalue weighted by Crippen LogP contribution is -2.04. The molecule has 1 N–H and O–H groups in total. The standard InChI is InChI=1S/C14H17N3O2/c1-4-15-13-10(2)14(17-9-16-13)19-12-8-6-5-7-11(12)18-3/h5-9H,4H2,1-3H3,(H,15,16,17). The van der Waals surface area contributed by atoms with E-state index in [1.54, 1.807) is 7.11 Å². The number of ether oxygens (including phenoxy) is 2. The van der Waals surface area contributed by atoms with E-state index in [4.69, 9.17) is 9.47 Å². The van der Waals surface area contributed by atoms with Crippen molar-refractivity contribution in [2.45, 2.75) is 13.8 Å². The Balaban J connectivity index is 2.30. The normalized spacial score (nSPS) is 10.1. The van der Waals surface area contributed by atoms with Crippen LogP contribution in [0.3, 0.4) is 0 Å². The van der Waals surface area contributed by atoms with E-state index >= 15 is 0 Å². The molecular weight excluding hydrogens is 242 g/mol. The first-order chi connectivity index (χ1) is 9.26. The SMILES string of the molecule is CCNc1ncnc(Oc2ccccc2OC)c1C. The van der Waals surface area contributed by atoms with Gasteiger partial charge in [0.25, 0.3) is 0 Å². The van der Waals surface area contributed by atoms with E-state index < -0.39 is 0 Å². The van der Waals surface area contributed by atoms with Crippen molar-refractivity contribution in [2.75, 3.05) is 19.0 Å². The van der Waals surface area contributed by atoms with Gasteiger partial charge in [-0.1, -0.05) is 12.1 Å². The molecule has 1 aromatic carbocycles. The number of nitrogens with one attached hydrogen (secondary N) is 1. The van der Waals surface area contributed by atoms with Crippen LogP contribution >= 0.6 is 0 Å². The van der Waals surface area contributed by atoms with E-state index in [0.29, 0.717) is 17.4 Å². The summed E-state index contributed by atoms with van der Waals surface area (Å²) in [5.41, 5.74) is 0.871. The number of para-hydroxylation sites is 2. The maximum atomic E-state index is 5.80. The summed E-state index contributed by atoms with van der Waals surface area (Å²) in [7, 11) is 1.61. The number of benzene rings is 1. The third-order valence-corrected chi connectivity index (χ3v) is 2.66. The summed E-state index contributed by atoms with van der Waals surface area (Å²) in [6.45, 7) is 4.73. The van der Waals surface area contributed by atoms with E-state index in [1.807, 2.05) is 38.1 Å². The smallest absolute Gasteiger partial charge is 0.227 e. The molecule has 0 atom stereocenters. The van der Waals surface area contributed by atoms with Gasteiger partial charge in [0.15, 0.2) is 11.5 Å². The van der Waals surface area contributed by atoms with Gasteiger partial charge < -0.3 is 14.8 Å². The Bertz CT molecular complexity index is 558. The largest absolute Gasteiger partial charge is 0.493 e. The highest BCUT2D eigenvalue weighted by Crippen LogP contribution is 2.32. The van der Waals surface area contributed by atoms with Crippen LogP contribution in [0.1, 0.15) is 12.5 Å². The highest BCUT2D eigenvalue weighted by molar-refractivity contribution is 5.50. The zero-order valence-corrected chi connectivity index (χ0v) is 11.3. The topological polar surface area (TPSA) is 56.3 Å². The fraction of sp³-hybridized carbons (Fsp3) is 0.286. The minimum absolute atomic E-state index is 0.524. The molecule has 2 rings (SSSR count). The lowest BCUT2D eigenvalue weighted by Gasteiger charge is -2.12. The molecule has 0 aliphatic heterocycles. The van der Waals surface area contributed by atoms with E-state index in [1.165, 1.54) is 6.33 Å². The second kappa shape index (κ2) is 6.04. The summed E-state index contributed by atoms with van der Waals surface area (Å²) in [5, 5.41) is 3.17. The summed E-state index contributed by atoms with van der Waals surface area (Å²) in [6, 6.07) is 7.46. The molecule has 100 valence electrons. The molecule has 19 heavy (non-hydrogen) atoms. The number of hydrogen-bond donors (Lipinski definition) is 1. The van der Waals surface area contributed by atoms with Crippen molar-refractivity contribution >= 4 is 5.82 Å². The van der Waals surface area contributed by atoms with Crippen molar-refractivity contribution < 1.29 is 9.47 Å². The van der Waals surface area contributed by atoms with Crippen LogP contribution in [0.2, 0.25) is 0 Å². The summed E-state index contributed by atoms with van der Waals surface area (Å²) in [5.74, 6) is 2.61. The van der Waals surface area contributed by atoms with E-state index in [-0.39, 0.29) is 0 Å². The first-order valence-corrected chi connectivity index (χ1v) is 6.12. The van der Waals surface area contributed by atoms with Gasteiger partial charge in [-0.15, -0.1) is 0 Å². The molecule has 0 saturated carbocycles. The van der Waals surface area contributed by atoms with Gasteiger partial charge >= 0.3 is 0 Å². The number of nitrogens with zero attached hydrogens (tertiary/aromatic N) is 2. The van der Waals surface area contributed by atoms with Gasteiger partial charge in [-0.05, 0) is 26.0 Å². The molecule has 1 aromatic heterocycles. The molecule has 0 aliphatic rings. The number of rotatable bonds is 5. The first kappa shape index (κ1) is 13.1. The van der Waals surface area contributed by atoms with Gasteiger partial charge in [0.1, 0.15) is 12.1 Å². The van der Waals surface area contributed by atoms with Crippen molar-refractivity contribution in [1.82, 2.24) is 9.97 Å². The zero-order chi connectivity index (χ0) is 13.7. The van der Waals surface area contributed by atoms with Crippen LogP contribution in [0.15, 0.2) is 30.6 Å². The van der Waals surface area contributed by atoms with E-state index in [0.717, 1.165) is 17.9 Å². The molecule has 1 heterocycles. The third kappa shape index (κ3) is 2.93. The average Bonchev–Trinajstić information content (AvgIpc) is 2.44. The van der Waals surface area contributed by atoms with Crippen LogP contribution in [-0.2, 0) is 0 Å². The molecule has 5 heteroatoms. The molecule has 0 amide bonds. The predicted molar refractivity (Wildman–Crippen MR) is 74.0 cm³/mol. The Hall–Kier alpha value is -2.30. The molecule has 0 saturated heterocycles. The molecule has 0 aliphatic carbocycles. The van der Waals surface area contributed by atoms with Crippen molar-refractivity contribution in [3.8, 4) is 17.4 Å². The first-order valence-electron chi connectivity index (χ1n) is 6.12. The highest BCUT2D eigenvalue weighted by Gasteiger charge is 2.11. The maximum absolute atomic E-state index is 5.80. The predicted octanol–water partition coefficient (Wildman–Crippen LogP) is 3.02. The van der Waals surface area contributed by atoms with Gasteiger partial charge in [0.2, 0.25) is 5.88 Å². The van der Waals surface area contributed by atoms with Crippen LogP contribution < -0.4 is 14.8 Å². The number of methoxy groups -OCH3 is 1. The van der Waals surface area contributed by atoms with Crippen LogP contribution in [0.25, 0.3) is 0 Å². The molecule has 0 unspecified atom stereocenters. The van der Waals surface area contributed by atoms with Crippen molar-refractivity contribution in [3.05, 3.63) is 36.2 Å². The molecule has 0 radical (unpaired) electrons. The number of aromatic nitrogens is 2. The Morgan fingerprint density at radius 2 is 1.89 bits per heavy atom. The fourth-order valence-electron chi connectivity index (χ4n) is 1.69. The lowest BCUT2D eigenvalue weighted by atomic mass is 10.3. The van der Waals surface area contributed by atoms with Gasteiger partial charge in [-0.3, -0.25) is 0 Å². The maximum Gasteiger partial charge on any atom is 0.227 e. The molecule has 2 aromatic rings. The third-order valence-electron chi connectivity index (χ3n) is 2.66. The molecular formula is C14H17N3O2. The van der Waals surface area contributed by atoms with E-state index in [9.17, 15) is 0 Å². The summed E-state index contributed by atoms with van der Waals surface area (Å²) in [4.78, 5) is 8.34. The Kier molecular flexibility index (Phi) is 4.18. The Morgan fingerprint density at radius 3 is 2.58 bits per heavy atom. The Morgan fingerprint density at radius 1 is 1.16 bits per heavy atom. The van der Waals surface area contributed by atoms with Crippen LogP contribution in [-0.4, -0.2) is 23.6 Å². The second-order valence-electron chi connectivity index (χ2n) is 3.94. The van der Waals surface area contributed by atoms with Crippen molar-refractivity contribution in [2.24, 2.45) is 0 Å². The van der Waals surface area contributed by atoms with Gasteiger partial charge in [0, 0.05) is 6.54 Å². The minimum Gasteiger partial charge on any atom is -0.493 e. The number of anilines is 1. The minimum atomic E-state index is 0.524. The molecule has 0 bridgehead atoms. The molecule has 0 fully saturated rings.